The molecule has 2 aromatic rings. The average molecular weight is 312 g/mol. The highest BCUT2D eigenvalue weighted by molar-refractivity contribution is 7.11. The fraction of sp³-hybridized carbons (Fsp3) is 0.429. The molecule has 0 saturated carbocycles. The van der Waals surface area contributed by atoms with Crippen LogP contribution in [0.4, 0.5) is 20.4 Å². The number of thiazole rings is 1. The Morgan fingerprint density at radius 3 is 2.48 bits per heavy atom. The molecular weight excluding hydrogens is 294 g/mol. The minimum Gasteiger partial charge on any atom is -0.368 e. The summed E-state index contributed by atoms with van der Waals surface area (Å²) in [5.74, 6) is -1.30. The molecule has 2 heterocycles. The van der Waals surface area contributed by atoms with Crippen LogP contribution in [0.5, 0.6) is 0 Å². The van der Waals surface area contributed by atoms with Crippen molar-refractivity contribution in [2.24, 2.45) is 0 Å². The molecule has 2 aromatic heterocycles. The molecular formula is C14H18F2N4S. The summed E-state index contributed by atoms with van der Waals surface area (Å²) in [5, 5.41) is 6.55. The topological polar surface area (TPSA) is 49.8 Å². The molecule has 0 fully saturated rings. The third kappa shape index (κ3) is 4.10. The average Bonchev–Trinajstić information content (AvgIpc) is 2.93. The number of nitrogens with one attached hydrogen (secondary N) is 2. The maximum atomic E-state index is 13.7. The van der Waals surface area contributed by atoms with Gasteiger partial charge in [-0.2, -0.15) is 0 Å². The van der Waals surface area contributed by atoms with Gasteiger partial charge in [-0.15, -0.1) is 11.3 Å². The lowest BCUT2D eigenvalue weighted by Gasteiger charge is -2.10. The van der Waals surface area contributed by atoms with E-state index in [2.05, 4.69) is 27.5 Å². The molecule has 21 heavy (non-hydrogen) atoms. The fourth-order valence-electron chi connectivity index (χ4n) is 1.71. The second-order valence-corrected chi connectivity index (χ2v) is 5.70. The van der Waals surface area contributed by atoms with Crippen LogP contribution in [0.1, 0.15) is 30.2 Å². The second-order valence-electron chi connectivity index (χ2n) is 4.50. The van der Waals surface area contributed by atoms with E-state index < -0.39 is 11.6 Å². The van der Waals surface area contributed by atoms with E-state index in [1.165, 1.54) is 4.88 Å². The molecule has 7 heteroatoms. The number of pyridine rings is 1. The van der Waals surface area contributed by atoms with Crippen molar-refractivity contribution in [2.45, 2.75) is 33.2 Å². The van der Waals surface area contributed by atoms with Crippen molar-refractivity contribution in [1.82, 2.24) is 9.97 Å². The van der Waals surface area contributed by atoms with E-state index in [1.807, 2.05) is 13.1 Å². The molecule has 0 aliphatic carbocycles. The molecule has 2 rings (SSSR count). The summed E-state index contributed by atoms with van der Waals surface area (Å²) in [6, 6.07) is 0.840. The largest absolute Gasteiger partial charge is 0.368 e. The third-order valence-electron chi connectivity index (χ3n) is 2.83. The monoisotopic (exact) mass is 312 g/mol. The van der Waals surface area contributed by atoms with Gasteiger partial charge in [0.25, 0.3) is 0 Å². The lowest BCUT2D eigenvalue weighted by Crippen LogP contribution is -2.09. The lowest BCUT2D eigenvalue weighted by atomic mass is 10.3. The Bertz CT molecular complexity index is 601. The molecule has 0 aliphatic heterocycles. The summed E-state index contributed by atoms with van der Waals surface area (Å²) >= 11 is 1.57. The predicted molar refractivity (Wildman–Crippen MR) is 81.8 cm³/mol. The molecule has 0 radical (unpaired) electrons. The highest BCUT2D eigenvalue weighted by atomic mass is 32.1. The Morgan fingerprint density at radius 1 is 1.14 bits per heavy atom. The number of hydrogen-bond acceptors (Lipinski definition) is 5. The van der Waals surface area contributed by atoms with Crippen LogP contribution in [-0.2, 0) is 13.0 Å². The fourth-order valence-corrected chi connectivity index (χ4v) is 2.51. The molecule has 114 valence electrons. The van der Waals surface area contributed by atoms with Crippen LogP contribution < -0.4 is 10.6 Å². The molecule has 0 unspecified atom stereocenters. The molecule has 0 saturated heterocycles. The molecule has 4 nitrogen and oxygen atoms in total. The SMILES string of the molecule is CCCNc1nc(NCc2ncc(CC)s2)c(F)cc1F. The van der Waals surface area contributed by atoms with Crippen molar-refractivity contribution >= 4 is 23.0 Å². The van der Waals surface area contributed by atoms with Crippen molar-refractivity contribution in [1.29, 1.82) is 0 Å². The van der Waals surface area contributed by atoms with Crippen molar-refractivity contribution < 1.29 is 8.78 Å². The Hall–Kier alpha value is -1.76. The van der Waals surface area contributed by atoms with Gasteiger partial charge in [0.2, 0.25) is 0 Å². The van der Waals surface area contributed by atoms with Gasteiger partial charge in [0.1, 0.15) is 5.01 Å². The Kier molecular flexibility index (Phi) is 5.44. The van der Waals surface area contributed by atoms with Crippen molar-refractivity contribution in [3.63, 3.8) is 0 Å². The summed E-state index contributed by atoms with van der Waals surface area (Å²) in [6.45, 7) is 4.97. The third-order valence-corrected chi connectivity index (χ3v) is 3.97. The minimum atomic E-state index is -0.707. The first-order chi connectivity index (χ1) is 10.1. The van der Waals surface area contributed by atoms with Gasteiger partial charge in [0.15, 0.2) is 23.3 Å². The van der Waals surface area contributed by atoms with E-state index in [1.54, 1.807) is 11.3 Å². The van der Waals surface area contributed by atoms with Crippen LogP contribution in [0.25, 0.3) is 0 Å². The van der Waals surface area contributed by atoms with Gasteiger partial charge in [-0.1, -0.05) is 13.8 Å². The normalized spacial score (nSPS) is 10.7. The van der Waals surface area contributed by atoms with E-state index in [0.29, 0.717) is 13.1 Å². The molecule has 2 N–H and O–H groups in total. The van der Waals surface area contributed by atoms with Crippen LogP contribution in [0.15, 0.2) is 12.3 Å². The van der Waals surface area contributed by atoms with E-state index in [4.69, 9.17) is 0 Å². The van der Waals surface area contributed by atoms with Crippen molar-refractivity contribution in [3.8, 4) is 0 Å². The van der Waals surface area contributed by atoms with Gasteiger partial charge < -0.3 is 10.6 Å². The van der Waals surface area contributed by atoms with Crippen LogP contribution in [0.3, 0.4) is 0 Å². The number of hydrogen-bond donors (Lipinski definition) is 2. The minimum absolute atomic E-state index is 0.0308. The van der Waals surface area contributed by atoms with Crippen LogP contribution >= 0.6 is 11.3 Å². The summed E-state index contributed by atoms with van der Waals surface area (Å²) in [6.07, 6.45) is 3.57. The number of aryl methyl sites for hydroxylation is 1. The van der Waals surface area contributed by atoms with Gasteiger partial charge in [-0.05, 0) is 12.8 Å². The first kappa shape index (κ1) is 15.6. The van der Waals surface area contributed by atoms with E-state index in [-0.39, 0.29) is 11.6 Å². The highest BCUT2D eigenvalue weighted by Gasteiger charge is 2.12. The van der Waals surface area contributed by atoms with Gasteiger partial charge in [-0.25, -0.2) is 18.7 Å². The van der Waals surface area contributed by atoms with Crippen LogP contribution in [-0.4, -0.2) is 16.5 Å². The van der Waals surface area contributed by atoms with Gasteiger partial charge in [0, 0.05) is 23.7 Å². The number of aromatic nitrogens is 2. The van der Waals surface area contributed by atoms with Crippen molar-refractivity contribution in [2.75, 3.05) is 17.2 Å². The predicted octanol–water partition coefficient (Wildman–Crippen LogP) is 3.81. The number of nitrogens with zero attached hydrogens (tertiary/aromatic N) is 2. The number of halogens is 2. The van der Waals surface area contributed by atoms with Crippen molar-refractivity contribution in [3.05, 3.63) is 33.8 Å². The standard InChI is InChI=1S/C14H18F2N4S/c1-3-5-17-13-10(15)6-11(16)14(20-13)19-8-12-18-7-9(4-2)21-12/h6-7H,3-5,8H2,1-2H3,(H2,17,19,20). The summed E-state index contributed by atoms with van der Waals surface area (Å²) < 4.78 is 27.3. The lowest BCUT2D eigenvalue weighted by molar-refractivity contribution is 0.577. The second kappa shape index (κ2) is 7.31. The Labute approximate surface area is 126 Å². The van der Waals surface area contributed by atoms with Gasteiger partial charge >= 0.3 is 0 Å². The summed E-state index contributed by atoms with van der Waals surface area (Å²) in [5.41, 5.74) is 0. The Morgan fingerprint density at radius 2 is 1.86 bits per heavy atom. The summed E-state index contributed by atoms with van der Waals surface area (Å²) in [4.78, 5) is 9.36. The molecule has 0 amide bonds. The molecule has 0 atom stereocenters. The van der Waals surface area contributed by atoms with E-state index in [0.717, 1.165) is 23.9 Å². The summed E-state index contributed by atoms with van der Waals surface area (Å²) in [7, 11) is 0. The highest BCUT2D eigenvalue weighted by Crippen LogP contribution is 2.20. The maximum absolute atomic E-state index is 13.7. The maximum Gasteiger partial charge on any atom is 0.168 e. The molecule has 0 bridgehead atoms. The number of anilines is 2. The van der Waals surface area contributed by atoms with Crippen LogP contribution in [0, 0.1) is 11.6 Å². The van der Waals surface area contributed by atoms with Gasteiger partial charge in [0.05, 0.1) is 6.54 Å². The molecule has 0 spiro atoms. The van der Waals surface area contributed by atoms with Gasteiger partial charge in [-0.3, -0.25) is 0 Å². The zero-order valence-electron chi connectivity index (χ0n) is 12.0. The van der Waals surface area contributed by atoms with Crippen LogP contribution in [0.2, 0.25) is 0 Å². The molecule has 0 aliphatic rings. The Balaban J connectivity index is 2.07. The first-order valence-electron chi connectivity index (χ1n) is 6.91. The quantitative estimate of drug-likeness (QED) is 0.816. The smallest absolute Gasteiger partial charge is 0.168 e. The zero-order valence-corrected chi connectivity index (χ0v) is 12.9. The first-order valence-corrected chi connectivity index (χ1v) is 7.73. The number of rotatable bonds is 7. The molecule has 0 aromatic carbocycles. The zero-order chi connectivity index (χ0) is 15.2. The van der Waals surface area contributed by atoms with E-state index in [9.17, 15) is 8.78 Å². The van der Waals surface area contributed by atoms with E-state index >= 15 is 0 Å².